The lowest BCUT2D eigenvalue weighted by molar-refractivity contribution is 0.0696. The van der Waals surface area contributed by atoms with Gasteiger partial charge in [-0.05, 0) is 99.8 Å². The quantitative estimate of drug-likeness (QED) is 0.215. The van der Waals surface area contributed by atoms with Crippen LogP contribution in [-0.2, 0) is 12.8 Å². The Balaban J connectivity index is 0.000000130. The Kier molecular flexibility index (Phi) is 8.35. The number of aryl methyl sites for hydroxylation is 2. The SMILES string of the molecule is Cc1c(C(=O)O)cccc1C(=O)O.c1ccc2c(c1)ccc1c3c(ccc12)CCCC3.c1ccc2cnccc2c1. The molecule has 1 aliphatic carbocycles. The number of carboxylic acids is 2. The van der Waals surface area contributed by atoms with E-state index in [0.717, 1.165) is 0 Å². The van der Waals surface area contributed by atoms with Crippen molar-refractivity contribution in [2.75, 3.05) is 0 Å². The number of fused-ring (bicyclic) bond motifs is 6. The van der Waals surface area contributed by atoms with Crippen LogP contribution in [-0.4, -0.2) is 27.1 Å². The van der Waals surface area contributed by atoms with E-state index in [1.54, 1.807) is 11.1 Å². The van der Waals surface area contributed by atoms with Gasteiger partial charge in [-0.15, -0.1) is 0 Å². The molecule has 0 radical (unpaired) electrons. The number of carboxylic acid groups (broad SMARTS) is 2. The average Bonchev–Trinajstić information content (AvgIpc) is 3.01. The second-order valence-corrected chi connectivity index (χ2v) is 10.1. The lowest BCUT2D eigenvalue weighted by Gasteiger charge is -2.18. The third kappa shape index (κ3) is 6.10. The minimum atomic E-state index is -1.11. The van der Waals surface area contributed by atoms with Crippen molar-refractivity contribution < 1.29 is 19.8 Å². The van der Waals surface area contributed by atoms with E-state index in [0.29, 0.717) is 0 Å². The van der Waals surface area contributed by atoms with Crippen molar-refractivity contribution in [3.05, 3.63) is 137 Å². The van der Waals surface area contributed by atoms with Crippen LogP contribution in [0.1, 0.15) is 50.2 Å². The van der Waals surface area contributed by atoms with Crippen molar-refractivity contribution in [3.8, 4) is 0 Å². The largest absolute Gasteiger partial charge is 0.478 e. The maximum absolute atomic E-state index is 10.6. The van der Waals surface area contributed by atoms with E-state index < -0.39 is 11.9 Å². The van der Waals surface area contributed by atoms with Gasteiger partial charge in [-0.1, -0.05) is 78.9 Å². The molecule has 0 atom stereocenters. The van der Waals surface area contributed by atoms with Crippen molar-refractivity contribution in [1.82, 2.24) is 4.98 Å². The van der Waals surface area contributed by atoms with E-state index in [2.05, 4.69) is 65.6 Å². The van der Waals surface area contributed by atoms with E-state index >= 15 is 0 Å². The Labute approximate surface area is 238 Å². The molecule has 0 bridgehead atoms. The summed E-state index contributed by atoms with van der Waals surface area (Å²) >= 11 is 0. The average molecular weight is 542 g/mol. The molecule has 0 amide bonds. The number of benzene rings is 5. The molecule has 5 aromatic carbocycles. The summed E-state index contributed by atoms with van der Waals surface area (Å²) < 4.78 is 0. The summed E-state index contributed by atoms with van der Waals surface area (Å²) in [7, 11) is 0. The van der Waals surface area contributed by atoms with Crippen LogP contribution in [0.4, 0.5) is 0 Å². The molecule has 1 aliphatic rings. The summed E-state index contributed by atoms with van der Waals surface area (Å²) in [5, 5.41) is 25.4. The Morgan fingerprint density at radius 1 is 0.610 bits per heavy atom. The maximum Gasteiger partial charge on any atom is 0.335 e. The fourth-order valence-corrected chi connectivity index (χ4v) is 5.47. The zero-order chi connectivity index (χ0) is 28.8. The first-order chi connectivity index (χ1) is 19.9. The van der Waals surface area contributed by atoms with Gasteiger partial charge < -0.3 is 10.2 Å². The molecule has 41 heavy (non-hydrogen) atoms. The number of hydrogen-bond donors (Lipinski definition) is 2. The van der Waals surface area contributed by atoms with Crippen LogP contribution in [0.2, 0.25) is 0 Å². The number of aromatic carboxylic acids is 2. The van der Waals surface area contributed by atoms with Gasteiger partial charge in [0.25, 0.3) is 0 Å². The number of hydrogen-bond acceptors (Lipinski definition) is 3. The minimum Gasteiger partial charge on any atom is -0.478 e. The van der Waals surface area contributed by atoms with Crippen LogP contribution in [0, 0.1) is 6.92 Å². The summed E-state index contributed by atoms with van der Waals surface area (Å²) in [5.41, 5.74) is 3.51. The summed E-state index contributed by atoms with van der Waals surface area (Å²) in [6.45, 7) is 1.48. The Hall–Kier alpha value is -5.03. The molecule has 0 aliphatic heterocycles. The Morgan fingerprint density at radius 3 is 1.95 bits per heavy atom. The molecule has 204 valence electrons. The summed E-state index contributed by atoms with van der Waals surface area (Å²) in [6.07, 6.45) is 8.89. The highest BCUT2D eigenvalue weighted by molar-refractivity contribution is 6.08. The molecule has 1 heterocycles. The first-order valence-corrected chi connectivity index (χ1v) is 13.7. The highest BCUT2D eigenvalue weighted by atomic mass is 16.4. The van der Waals surface area contributed by atoms with Gasteiger partial charge in [0.15, 0.2) is 0 Å². The molecule has 2 N–H and O–H groups in total. The van der Waals surface area contributed by atoms with Crippen molar-refractivity contribution in [2.24, 2.45) is 0 Å². The number of nitrogens with zero attached hydrogens (tertiary/aromatic N) is 1. The van der Waals surface area contributed by atoms with Crippen LogP contribution < -0.4 is 0 Å². The summed E-state index contributed by atoms with van der Waals surface area (Å²) in [6, 6.07) is 32.3. The maximum atomic E-state index is 10.6. The first kappa shape index (κ1) is 27.5. The highest BCUT2D eigenvalue weighted by Gasteiger charge is 2.14. The van der Waals surface area contributed by atoms with Crippen molar-refractivity contribution >= 4 is 44.3 Å². The van der Waals surface area contributed by atoms with E-state index in [1.165, 1.54) is 83.1 Å². The molecular formula is C36H31NO4. The van der Waals surface area contributed by atoms with Gasteiger partial charge in [0.05, 0.1) is 11.1 Å². The van der Waals surface area contributed by atoms with Gasteiger partial charge in [0.2, 0.25) is 0 Å². The predicted octanol–water partition coefficient (Wildman–Crippen LogP) is 8.50. The smallest absolute Gasteiger partial charge is 0.335 e. The summed E-state index contributed by atoms with van der Waals surface area (Å²) in [5.74, 6) is -2.22. The second-order valence-electron chi connectivity index (χ2n) is 10.1. The minimum absolute atomic E-state index is 0.0277. The monoisotopic (exact) mass is 541 g/mol. The van der Waals surface area contributed by atoms with Gasteiger partial charge in [0, 0.05) is 12.4 Å². The lowest BCUT2D eigenvalue weighted by atomic mass is 9.86. The zero-order valence-electron chi connectivity index (χ0n) is 22.9. The molecule has 0 unspecified atom stereocenters. The van der Waals surface area contributed by atoms with Crippen LogP contribution in [0.25, 0.3) is 32.3 Å². The van der Waals surface area contributed by atoms with Crippen LogP contribution in [0.15, 0.2) is 109 Å². The topological polar surface area (TPSA) is 87.5 Å². The van der Waals surface area contributed by atoms with Gasteiger partial charge >= 0.3 is 11.9 Å². The van der Waals surface area contributed by atoms with Crippen molar-refractivity contribution in [2.45, 2.75) is 32.6 Å². The predicted molar refractivity (Wildman–Crippen MR) is 165 cm³/mol. The van der Waals surface area contributed by atoms with Gasteiger partial charge in [-0.2, -0.15) is 0 Å². The molecular weight excluding hydrogens is 510 g/mol. The molecule has 5 nitrogen and oxygen atoms in total. The number of carbonyl (C=O) groups is 2. The molecule has 0 saturated heterocycles. The molecule has 1 aromatic heterocycles. The first-order valence-electron chi connectivity index (χ1n) is 13.7. The Bertz CT molecular complexity index is 1780. The van der Waals surface area contributed by atoms with Gasteiger partial charge in [-0.25, -0.2) is 9.59 Å². The fraction of sp³-hybridized carbons (Fsp3) is 0.139. The van der Waals surface area contributed by atoms with Gasteiger partial charge in [-0.3, -0.25) is 4.98 Å². The molecule has 6 aromatic rings. The third-order valence-corrected chi connectivity index (χ3v) is 7.60. The molecule has 5 heteroatoms. The normalized spacial score (nSPS) is 12.0. The zero-order valence-corrected chi connectivity index (χ0v) is 22.9. The summed E-state index contributed by atoms with van der Waals surface area (Å²) in [4.78, 5) is 25.2. The fourth-order valence-electron chi connectivity index (χ4n) is 5.47. The number of pyridine rings is 1. The number of rotatable bonds is 2. The van der Waals surface area contributed by atoms with Crippen LogP contribution in [0.3, 0.4) is 0 Å². The van der Waals surface area contributed by atoms with Crippen molar-refractivity contribution in [3.63, 3.8) is 0 Å². The van der Waals surface area contributed by atoms with Gasteiger partial charge in [0.1, 0.15) is 0 Å². The highest BCUT2D eigenvalue weighted by Crippen LogP contribution is 2.33. The molecule has 7 rings (SSSR count). The standard InChI is InChI=1S/C18H16.C9H7N.C9H8O4/c1-3-7-15-13(5-1)9-11-18-16-8-4-2-6-14(16)10-12-17(15)18;1-2-4-9-7-10-6-5-8(9)3-1;1-5-6(8(10)11)3-2-4-7(5)9(12)13/h1,3,5,7,9-12H,2,4,6,8H2;1-7H;2-4H,1H3,(H,10,11)(H,12,13). The van der Waals surface area contributed by atoms with E-state index in [9.17, 15) is 9.59 Å². The molecule has 0 spiro atoms. The lowest BCUT2D eigenvalue weighted by Crippen LogP contribution is -2.06. The van der Waals surface area contributed by atoms with E-state index in [1.807, 2.05) is 30.6 Å². The second kappa shape index (κ2) is 12.4. The third-order valence-electron chi connectivity index (χ3n) is 7.60. The number of aromatic nitrogens is 1. The van der Waals surface area contributed by atoms with Crippen molar-refractivity contribution in [1.29, 1.82) is 0 Å². The molecule has 0 fully saturated rings. The van der Waals surface area contributed by atoms with E-state index in [4.69, 9.17) is 10.2 Å². The molecule has 0 saturated carbocycles. The van der Waals surface area contributed by atoms with Crippen LogP contribution in [0.5, 0.6) is 0 Å². The Morgan fingerprint density at radius 2 is 1.24 bits per heavy atom. The van der Waals surface area contributed by atoms with E-state index in [-0.39, 0.29) is 16.7 Å². The van der Waals surface area contributed by atoms with Crippen LogP contribution >= 0.6 is 0 Å².